The van der Waals surface area contributed by atoms with Crippen molar-refractivity contribution in [3.63, 3.8) is 0 Å². The molecular formula is C53H55N2+. The van der Waals surface area contributed by atoms with Crippen LogP contribution in [0.4, 0.5) is 17.1 Å². The van der Waals surface area contributed by atoms with E-state index >= 15 is 0 Å². The van der Waals surface area contributed by atoms with Gasteiger partial charge in [0.2, 0.25) is 11.4 Å². The second kappa shape index (κ2) is 15.2. The van der Waals surface area contributed by atoms with Crippen molar-refractivity contribution in [1.29, 1.82) is 0 Å². The number of hydrogen-bond donors (Lipinski definition) is 1. The predicted octanol–water partition coefficient (Wildman–Crippen LogP) is 14.4. The van der Waals surface area contributed by atoms with Gasteiger partial charge in [0.25, 0.3) is 0 Å². The summed E-state index contributed by atoms with van der Waals surface area (Å²) in [5, 5.41) is 3.49. The predicted molar refractivity (Wildman–Crippen MR) is 242 cm³/mol. The van der Waals surface area contributed by atoms with Gasteiger partial charge in [0, 0.05) is 52.6 Å². The van der Waals surface area contributed by atoms with E-state index in [0.29, 0.717) is 0 Å². The number of rotatable bonds is 9. The van der Waals surface area contributed by atoms with Crippen molar-refractivity contribution in [1.82, 2.24) is 4.58 Å². The molecule has 5 aromatic rings. The maximum Gasteiger partial charge on any atom is 0.215 e. The van der Waals surface area contributed by atoms with E-state index in [4.69, 9.17) is 0 Å². The molecule has 0 unspecified atom stereocenters. The number of hydrogen-bond acceptors (Lipinski definition) is 1. The third kappa shape index (κ3) is 7.14. The van der Waals surface area contributed by atoms with Crippen LogP contribution in [0, 0.1) is 6.92 Å². The van der Waals surface area contributed by atoms with Crippen molar-refractivity contribution < 1.29 is 0 Å². The monoisotopic (exact) mass is 719 g/mol. The number of anilines is 1. The highest BCUT2D eigenvalue weighted by Gasteiger charge is 2.36. The molecule has 276 valence electrons. The molecule has 55 heavy (non-hydrogen) atoms. The largest absolute Gasteiger partial charge is 0.362 e. The molecule has 1 N–H and O–H groups in total. The molecule has 2 heteroatoms. The minimum Gasteiger partial charge on any atom is -0.362 e. The van der Waals surface area contributed by atoms with E-state index in [1.807, 2.05) is 12.3 Å². The molecule has 0 fully saturated rings. The fourth-order valence-corrected chi connectivity index (χ4v) is 8.27. The normalized spacial score (nSPS) is 16.9. The Morgan fingerprint density at radius 3 is 2.18 bits per heavy atom. The number of nitrogens with zero attached hydrogens (tertiary/aromatic N) is 1. The van der Waals surface area contributed by atoms with Gasteiger partial charge in [0.1, 0.15) is 0 Å². The third-order valence-corrected chi connectivity index (χ3v) is 11.9. The Bertz CT molecular complexity index is 2460. The molecule has 7 rings (SSSR count). The summed E-state index contributed by atoms with van der Waals surface area (Å²) in [6.07, 6.45) is 21.5. The van der Waals surface area contributed by atoms with E-state index in [1.165, 1.54) is 78.0 Å². The van der Waals surface area contributed by atoms with Gasteiger partial charge in [-0.25, -0.2) is 0 Å². The number of nitrogens with one attached hydrogen (secondary N) is 1. The van der Waals surface area contributed by atoms with E-state index in [9.17, 15) is 0 Å². The third-order valence-electron chi connectivity index (χ3n) is 11.9. The van der Waals surface area contributed by atoms with Gasteiger partial charge in [0.05, 0.1) is 0 Å². The molecule has 2 aliphatic rings. The Hall–Kier alpha value is -5.73. The minimum atomic E-state index is -0.194. The number of benzene rings is 5. The highest BCUT2D eigenvalue weighted by molar-refractivity contribution is 5.86. The maximum atomic E-state index is 4.03. The molecule has 0 amide bonds. The molecule has 0 aromatic heterocycles. The maximum absolute atomic E-state index is 4.03. The van der Waals surface area contributed by atoms with Gasteiger partial charge in [-0.3, -0.25) is 0 Å². The van der Waals surface area contributed by atoms with Crippen molar-refractivity contribution in [3.8, 4) is 22.3 Å². The van der Waals surface area contributed by atoms with E-state index < -0.39 is 0 Å². The molecule has 5 aromatic carbocycles. The van der Waals surface area contributed by atoms with Gasteiger partial charge in [-0.1, -0.05) is 126 Å². The fourth-order valence-electron chi connectivity index (χ4n) is 8.27. The van der Waals surface area contributed by atoms with Gasteiger partial charge in [0.15, 0.2) is 6.21 Å². The number of aryl methyl sites for hydroxylation is 2. The van der Waals surface area contributed by atoms with Crippen LogP contribution in [0.5, 0.6) is 0 Å². The molecule has 2 nitrogen and oxygen atoms in total. The molecule has 0 bridgehead atoms. The Kier molecular flexibility index (Phi) is 10.4. The van der Waals surface area contributed by atoms with Crippen LogP contribution in [0.3, 0.4) is 0 Å². The van der Waals surface area contributed by atoms with Crippen molar-refractivity contribution in [2.24, 2.45) is 0 Å². The Morgan fingerprint density at radius 1 is 0.709 bits per heavy atom. The average molecular weight is 720 g/mol. The average Bonchev–Trinajstić information content (AvgIpc) is 3.42. The standard InChI is InChI=1S/C53H55N2/c1-10-15-40-20-23-44(32-39(40)12-3)54-29-28-38-19-25-46-47-26-21-42(34-49(47)53(8,9)48(46)31-38)43-22-27-51-50(35-43)52(6,7)37(5)17-13-14-30-55(51)45-24-18-36(4)41(33-45)16-11-2/h11-14,16-35,54H,3,10,15H2,1-2,4-9H3/q+1/b14-13-,16-11-,29-28+,37-17+,55-30?. The van der Waals surface area contributed by atoms with Crippen LogP contribution in [0.15, 0.2) is 134 Å². The van der Waals surface area contributed by atoms with E-state index in [2.05, 4.69) is 206 Å². The first-order valence-corrected chi connectivity index (χ1v) is 19.8. The Morgan fingerprint density at radius 2 is 1.44 bits per heavy atom. The molecule has 0 saturated heterocycles. The second-order valence-electron chi connectivity index (χ2n) is 16.2. The van der Waals surface area contributed by atoms with Crippen LogP contribution in [0.1, 0.15) is 99.4 Å². The van der Waals surface area contributed by atoms with Crippen LogP contribution >= 0.6 is 0 Å². The first-order chi connectivity index (χ1) is 26.5. The Balaban J connectivity index is 1.22. The lowest BCUT2D eigenvalue weighted by molar-refractivity contribution is 0.621. The van der Waals surface area contributed by atoms with Crippen LogP contribution in [0.2, 0.25) is 0 Å². The lowest BCUT2D eigenvalue weighted by Gasteiger charge is -2.28. The summed E-state index contributed by atoms with van der Waals surface area (Å²) in [6, 6.07) is 34.4. The molecule has 1 heterocycles. The van der Waals surface area contributed by atoms with E-state index in [-0.39, 0.29) is 10.8 Å². The first kappa shape index (κ1) is 37.6. The van der Waals surface area contributed by atoms with Crippen molar-refractivity contribution in [2.45, 2.75) is 79.1 Å². The van der Waals surface area contributed by atoms with Gasteiger partial charge < -0.3 is 5.32 Å². The molecule has 0 spiro atoms. The summed E-state index contributed by atoms with van der Waals surface area (Å²) in [6.45, 7) is 22.2. The summed E-state index contributed by atoms with van der Waals surface area (Å²) in [4.78, 5) is 0. The minimum absolute atomic E-state index is 0.139. The molecular weight excluding hydrogens is 665 g/mol. The zero-order valence-corrected chi connectivity index (χ0v) is 33.9. The lowest BCUT2D eigenvalue weighted by atomic mass is 9.76. The topological polar surface area (TPSA) is 15.0 Å². The quantitative estimate of drug-likeness (QED) is 0.150. The van der Waals surface area contributed by atoms with Crippen LogP contribution < -0.4 is 9.89 Å². The van der Waals surface area contributed by atoms with Gasteiger partial charge in [-0.05, 0) is 125 Å². The summed E-state index contributed by atoms with van der Waals surface area (Å²) < 4.78 is 2.35. The molecule has 0 atom stereocenters. The fraction of sp³-hybridized carbons (Fsp3) is 0.226. The van der Waals surface area contributed by atoms with Crippen LogP contribution in [0.25, 0.3) is 40.5 Å². The molecule has 1 aliphatic carbocycles. The van der Waals surface area contributed by atoms with Gasteiger partial charge in [-0.2, -0.15) is 4.58 Å². The summed E-state index contributed by atoms with van der Waals surface area (Å²) in [5.41, 5.74) is 19.8. The van der Waals surface area contributed by atoms with E-state index in [0.717, 1.165) is 24.2 Å². The SMILES string of the molecule is C=Cc1cc(N/C=C/c2ccc3c(c2)C(C)(C)c2cc(-c4ccc5c(c4)C(C)(C)/C(C)=C/C=C\C=[N+]5c4ccc(C)c(/C=C\C)c4)ccc2-3)ccc1CCC. The highest BCUT2D eigenvalue weighted by Crippen LogP contribution is 2.50. The zero-order chi connectivity index (χ0) is 38.9. The highest BCUT2D eigenvalue weighted by atomic mass is 15.0. The summed E-state index contributed by atoms with van der Waals surface area (Å²) in [7, 11) is 0. The number of allylic oxidation sites excluding steroid dienone is 5. The first-order valence-electron chi connectivity index (χ1n) is 19.8. The van der Waals surface area contributed by atoms with Gasteiger partial charge >= 0.3 is 0 Å². The second-order valence-corrected chi connectivity index (χ2v) is 16.2. The van der Waals surface area contributed by atoms with Crippen LogP contribution in [-0.2, 0) is 17.3 Å². The summed E-state index contributed by atoms with van der Waals surface area (Å²) >= 11 is 0. The van der Waals surface area contributed by atoms with Crippen molar-refractivity contribution >= 4 is 41.5 Å². The molecule has 1 aliphatic heterocycles. The zero-order valence-electron chi connectivity index (χ0n) is 33.9. The molecule has 0 radical (unpaired) electrons. The number of fused-ring (bicyclic) bond motifs is 4. The van der Waals surface area contributed by atoms with Crippen LogP contribution in [-0.4, -0.2) is 6.21 Å². The smallest absolute Gasteiger partial charge is 0.215 e. The van der Waals surface area contributed by atoms with Crippen molar-refractivity contribution in [3.05, 3.63) is 178 Å². The Labute approximate surface area is 329 Å². The van der Waals surface area contributed by atoms with Crippen molar-refractivity contribution in [2.75, 3.05) is 5.32 Å². The van der Waals surface area contributed by atoms with E-state index in [1.54, 1.807) is 0 Å². The van der Waals surface area contributed by atoms with Gasteiger partial charge in [-0.15, -0.1) is 0 Å². The lowest BCUT2D eigenvalue weighted by Crippen LogP contribution is -2.22. The molecule has 0 saturated carbocycles. The summed E-state index contributed by atoms with van der Waals surface area (Å²) in [5.74, 6) is 0.